The van der Waals surface area contributed by atoms with E-state index in [1.165, 1.54) is 0 Å². The molecule has 0 aromatic heterocycles. The fourth-order valence-electron chi connectivity index (χ4n) is 2.55. The van der Waals surface area contributed by atoms with Crippen LogP contribution in [0.1, 0.15) is 21.5 Å². The van der Waals surface area contributed by atoms with Gasteiger partial charge in [0, 0.05) is 34.1 Å². The number of amides is 1. The number of anilines is 2. The molecule has 0 saturated heterocycles. The zero-order chi connectivity index (χ0) is 14.3. The van der Waals surface area contributed by atoms with Gasteiger partial charge in [-0.05, 0) is 43.2 Å². The molecule has 0 aliphatic carbocycles. The average molecular weight is 287 g/mol. The minimum absolute atomic E-state index is 0.0312. The van der Waals surface area contributed by atoms with Gasteiger partial charge in [-0.1, -0.05) is 23.7 Å². The van der Waals surface area contributed by atoms with Crippen LogP contribution >= 0.6 is 11.6 Å². The Hall–Kier alpha value is -2.00. The van der Waals surface area contributed by atoms with Crippen molar-refractivity contribution in [2.75, 3.05) is 17.2 Å². The Morgan fingerprint density at radius 3 is 2.85 bits per heavy atom. The van der Waals surface area contributed by atoms with Crippen molar-refractivity contribution in [3.8, 4) is 0 Å². The molecule has 0 unspecified atom stereocenters. The molecule has 102 valence electrons. The van der Waals surface area contributed by atoms with Crippen LogP contribution in [-0.2, 0) is 6.42 Å². The summed E-state index contributed by atoms with van der Waals surface area (Å²) in [6.45, 7) is 2.58. The number of benzene rings is 2. The summed E-state index contributed by atoms with van der Waals surface area (Å²) < 4.78 is 0. The van der Waals surface area contributed by atoms with Gasteiger partial charge in [0.1, 0.15) is 0 Å². The van der Waals surface area contributed by atoms with Crippen LogP contribution in [0.15, 0.2) is 36.4 Å². The molecule has 1 aliphatic heterocycles. The van der Waals surface area contributed by atoms with Crippen LogP contribution in [0.3, 0.4) is 0 Å². The molecule has 0 spiro atoms. The lowest BCUT2D eigenvalue weighted by molar-refractivity contribution is 0.0989. The lowest BCUT2D eigenvalue weighted by Crippen LogP contribution is -2.28. The van der Waals surface area contributed by atoms with Gasteiger partial charge in [0.2, 0.25) is 0 Å². The first-order valence-electron chi connectivity index (χ1n) is 6.53. The number of hydrogen-bond donors (Lipinski definition) is 1. The van der Waals surface area contributed by atoms with Gasteiger partial charge in [-0.25, -0.2) is 0 Å². The molecule has 2 aromatic rings. The summed E-state index contributed by atoms with van der Waals surface area (Å²) in [5, 5.41) is 0.614. The summed E-state index contributed by atoms with van der Waals surface area (Å²) in [5.41, 5.74) is 10.2. The molecule has 0 fully saturated rings. The zero-order valence-electron chi connectivity index (χ0n) is 11.2. The van der Waals surface area contributed by atoms with E-state index in [2.05, 4.69) is 0 Å². The van der Waals surface area contributed by atoms with Gasteiger partial charge in [-0.15, -0.1) is 0 Å². The second-order valence-corrected chi connectivity index (χ2v) is 5.42. The average Bonchev–Trinajstić information content (AvgIpc) is 2.86. The Morgan fingerprint density at radius 2 is 2.10 bits per heavy atom. The molecular formula is C16H15ClN2O. The standard InChI is InChI=1S/C16H15ClN2O/c1-10-5-6-11(9-13(10)17)16(20)19-8-7-12-14(18)3-2-4-15(12)19/h2-6,9H,7-8,18H2,1H3. The van der Waals surface area contributed by atoms with E-state index in [-0.39, 0.29) is 5.91 Å². The third-order valence-corrected chi connectivity index (χ3v) is 4.13. The van der Waals surface area contributed by atoms with Crippen molar-refractivity contribution in [3.63, 3.8) is 0 Å². The smallest absolute Gasteiger partial charge is 0.258 e. The van der Waals surface area contributed by atoms with Crippen molar-refractivity contribution in [2.45, 2.75) is 13.3 Å². The number of hydrogen-bond acceptors (Lipinski definition) is 2. The highest BCUT2D eigenvalue weighted by Crippen LogP contribution is 2.33. The van der Waals surface area contributed by atoms with Crippen molar-refractivity contribution in [1.29, 1.82) is 0 Å². The van der Waals surface area contributed by atoms with Gasteiger partial charge >= 0.3 is 0 Å². The molecule has 1 heterocycles. The molecule has 1 amide bonds. The second kappa shape index (κ2) is 4.84. The maximum atomic E-state index is 12.6. The number of nitrogens with zero attached hydrogens (tertiary/aromatic N) is 1. The van der Waals surface area contributed by atoms with Crippen molar-refractivity contribution in [3.05, 3.63) is 58.1 Å². The molecule has 4 heteroatoms. The van der Waals surface area contributed by atoms with Gasteiger partial charge in [-0.2, -0.15) is 0 Å². The van der Waals surface area contributed by atoms with E-state index in [1.54, 1.807) is 11.0 Å². The van der Waals surface area contributed by atoms with Gasteiger partial charge in [0.25, 0.3) is 5.91 Å². The van der Waals surface area contributed by atoms with Gasteiger partial charge in [-0.3, -0.25) is 4.79 Å². The molecule has 0 saturated carbocycles. The number of rotatable bonds is 1. The first kappa shape index (κ1) is 13.0. The van der Waals surface area contributed by atoms with Crippen molar-refractivity contribution >= 4 is 28.9 Å². The van der Waals surface area contributed by atoms with E-state index in [1.807, 2.05) is 37.3 Å². The van der Waals surface area contributed by atoms with E-state index < -0.39 is 0 Å². The topological polar surface area (TPSA) is 46.3 Å². The maximum Gasteiger partial charge on any atom is 0.258 e. The van der Waals surface area contributed by atoms with Crippen LogP contribution in [0, 0.1) is 6.92 Å². The number of aryl methyl sites for hydroxylation is 1. The van der Waals surface area contributed by atoms with Crippen molar-refractivity contribution < 1.29 is 4.79 Å². The summed E-state index contributed by atoms with van der Waals surface area (Å²) in [6.07, 6.45) is 0.799. The van der Waals surface area contributed by atoms with E-state index in [4.69, 9.17) is 17.3 Å². The third-order valence-electron chi connectivity index (χ3n) is 3.73. The van der Waals surface area contributed by atoms with Crippen LogP contribution < -0.4 is 10.6 Å². The number of carbonyl (C=O) groups is 1. The highest BCUT2D eigenvalue weighted by atomic mass is 35.5. The minimum atomic E-state index is -0.0312. The molecular weight excluding hydrogens is 272 g/mol. The fourth-order valence-corrected chi connectivity index (χ4v) is 2.73. The van der Waals surface area contributed by atoms with Gasteiger partial charge in [0.05, 0.1) is 0 Å². The molecule has 20 heavy (non-hydrogen) atoms. The van der Waals surface area contributed by atoms with Crippen LogP contribution in [0.4, 0.5) is 11.4 Å². The number of halogens is 1. The van der Waals surface area contributed by atoms with E-state index in [0.29, 0.717) is 17.1 Å². The number of nitrogens with two attached hydrogens (primary N) is 1. The van der Waals surface area contributed by atoms with Crippen LogP contribution in [0.25, 0.3) is 0 Å². The number of nitrogen functional groups attached to an aromatic ring is 1. The molecule has 2 N–H and O–H groups in total. The van der Waals surface area contributed by atoms with E-state index in [9.17, 15) is 4.79 Å². The highest BCUT2D eigenvalue weighted by Gasteiger charge is 2.26. The molecule has 0 bridgehead atoms. The lowest BCUT2D eigenvalue weighted by Gasteiger charge is -2.18. The monoisotopic (exact) mass is 286 g/mol. The third kappa shape index (κ3) is 2.04. The number of fused-ring (bicyclic) bond motifs is 1. The Labute approximate surface area is 123 Å². The molecule has 0 radical (unpaired) electrons. The zero-order valence-corrected chi connectivity index (χ0v) is 11.9. The summed E-state index contributed by atoms with van der Waals surface area (Å²) >= 11 is 6.10. The lowest BCUT2D eigenvalue weighted by atomic mass is 10.1. The predicted molar refractivity (Wildman–Crippen MR) is 82.4 cm³/mol. The molecule has 3 nitrogen and oxygen atoms in total. The van der Waals surface area contributed by atoms with Crippen LogP contribution in [0.5, 0.6) is 0 Å². The molecule has 1 aliphatic rings. The molecule has 0 atom stereocenters. The molecule has 3 rings (SSSR count). The van der Waals surface area contributed by atoms with Gasteiger partial charge < -0.3 is 10.6 Å². The summed E-state index contributed by atoms with van der Waals surface area (Å²) in [4.78, 5) is 14.4. The van der Waals surface area contributed by atoms with Crippen molar-refractivity contribution in [1.82, 2.24) is 0 Å². The fraction of sp³-hybridized carbons (Fsp3) is 0.188. The minimum Gasteiger partial charge on any atom is -0.398 e. The summed E-state index contributed by atoms with van der Waals surface area (Å²) in [6, 6.07) is 11.1. The van der Waals surface area contributed by atoms with Crippen molar-refractivity contribution in [2.24, 2.45) is 0 Å². The maximum absolute atomic E-state index is 12.6. The summed E-state index contributed by atoms with van der Waals surface area (Å²) in [7, 11) is 0. The predicted octanol–water partition coefficient (Wildman–Crippen LogP) is 3.43. The quantitative estimate of drug-likeness (QED) is 0.816. The Bertz CT molecular complexity index is 697. The van der Waals surface area contributed by atoms with Crippen LogP contribution in [0.2, 0.25) is 5.02 Å². The van der Waals surface area contributed by atoms with Crippen LogP contribution in [-0.4, -0.2) is 12.5 Å². The highest BCUT2D eigenvalue weighted by molar-refractivity contribution is 6.31. The Balaban J connectivity index is 1.97. The Kier molecular flexibility index (Phi) is 3.14. The molecule has 2 aromatic carbocycles. The Morgan fingerprint density at radius 1 is 1.30 bits per heavy atom. The normalized spacial score (nSPS) is 13.4. The van der Waals surface area contributed by atoms with E-state index >= 15 is 0 Å². The number of carbonyl (C=O) groups excluding carboxylic acids is 1. The first-order chi connectivity index (χ1) is 9.58. The second-order valence-electron chi connectivity index (χ2n) is 5.02. The summed E-state index contributed by atoms with van der Waals surface area (Å²) in [5.74, 6) is -0.0312. The first-order valence-corrected chi connectivity index (χ1v) is 6.91. The SMILES string of the molecule is Cc1ccc(C(=O)N2CCc3c(N)cccc32)cc1Cl. The van der Waals surface area contributed by atoms with E-state index in [0.717, 1.165) is 28.9 Å². The largest absolute Gasteiger partial charge is 0.398 e. The van der Waals surface area contributed by atoms with Gasteiger partial charge in [0.15, 0.2) is 0 Å².